The van der Waals surface area contributed by atoms with Gasteiger partial charge in [0.15, 0.2) is 5.69 Å². The standard InChI is InChI=1S/C12H18ClN3O3S/c1-3-9-11(20(13,18)19)10(15-14-9)12(17)16(2)7-8-5-4-6-8/h8H,3-7H2,1-2H3,(H,14,15). The van der Waals surface area contributed by atoms with Crippen LogP contribution in [0.25, 0.3) is 0 Å². The summed E-state index contributed by atoms with van der Waals surface area (Å²) in [5, 5.41) is 6.43. The maximum absolute atomic E-state index is 12.3. The third kappa shape index (κ3) is 2.98. The second-order valence-electron chi connectivity index (χ2n) is 5.15. The fraction of sp³-hybridized carbons (Fsp3) is 0.667. The van der Waals surface area contributed by atoms with E-state index < -0.39 is 15.0 Å². The zero-order chi connectivity index (χ0) is 14.9. The summed E-state index contributed by atoms with van der Waals surface area (Å²) >= 11 is 0. The van der Waals surface area contributed by atoms with E-state index in [1.807, 2.05) is 0 Å². The number of nitrogens with one attached hydrogen (secondary N) is 1. The molecule has 1 aliphatic carbocycles. The molecule has 0 bridgehead atoms. The normalized spacial score (nSPS) is 15.9. The van der Waals surface area contributed by atoms with Crippen LogP contribution in [0.4, 0.5) is 0 Å². The van der Waals surface area contributed by atoms with Crippen molar-refractivity contribution < 1.29 is 13.2 Å². The molecule has 0 radical (unpaired) electrons. The third-order valence-electron chi connectivity index (χ3n) is 3.70. The number of H-pyrrole nitrogens is 1. The van der Waals surface area contributed by atoms with Crippen LogP contribution in [-0.4, -0.2) is 43.0 Å². The summed E-state index contributed by atoms with van der Waals surface area (Å²) in [6.45, 7) is 2.39. The molecule has 1 aliphatic rings. The van der Waals surface area contributed by atoms with Crippen LogP contribution in [0.1, 0.15) is 42.4 Å². The van der Waals surface area contributed by atoms with E-state index in [9.17, 15) is 13.2 Å². The molecule has 1 saturated carbocycles. The summed E-state index contributed by atoms with van der Waals surface area (Å²) < 4.78 is 23.3. The van der Waals surface area contributed by atoms with Gasteiger partial charge in [-0.05, 0) is 25.2 Å². The van der Waals surface area contributed by atoms with Gasteiger partial charge < -0.3 is 4.90 Å². The zero-order valence-corrected chi connectivity index (χ0v) is 13.1. The maximum Gasteiger partial charge on any atom is 0.275 e. The minimum atomic E-state index is -4.00. The average molecular weight is 320 g/mol. The number of aromatic nitrogens is 2. The monoisotopic (exact) mass is 319 g/mol. The van der Waals surface area contributed by atoms with E-state index in [-0.39, 0.29) is 10.6 Å². The van der Waals surface area contributed by atoms with E-state index in [0.717, 1.165) is 12.8 Å². The number of aryl methyl sites for hydroxylation is 1. The van der Waals surface area contributed by atoms with Gasteiger partial charge in [0.25, 0.3) is 15.0 Å². The van der Waals surface area contributed by atoms with Crippen molar-refractivity contribution in [3.63, 3.8) is 0 Å². The summed E-state index contributed by atoms with van der Waals surface area (Å²) in [7, 11) is 3.08. The van der Waals surface area contributed by atoms with Crippen LogP contribution in [0, 0.1) is 5.92 Å². The number of aromatic amines is 1. The summed E-state index contributed by atoms with van der Waals surface area (Å²) in [5.74, 6) is 0.0941. The molecule has 20 heavy (non-hydrogen) atoms. The lowest BCUT2D eigenvalue weighted by Crippen LogP contribution is -2.35. The van der Waals surface area contributed by atoms with Crippen molar-refractivity contribution in [2.75, 3.05) is 13.6 Å². The quantitative estimate of drug-likeness (QED) is 0.838. The van der Waals surface area contributed by atoms with Gasteiger partial charge >= 0.3 is 0 Å². The molecule has 1 aromatic rings. The van der Waals surface area contributed by atoms with Gasteiger partial charge in [-0.15, -0.1) is 0 Å². The summed E-state index contributed by atoms with van der Waals surface area (Å²) in [4.78, 5) is 13.7. The molecule has 0 saturated heterocycles. The molecule has 0 atom stereocenters. The second-order valence-corrected chi connectivity index (χ2v) is 7.66. The highest BCUT2D eigenvalue weighted by Crippen LogP contribution is 2.28. The first-order valence-corrected chi connectivity index (χ1v) is 8.92. The van der Waals surface area contributed by atoms with Gasteiger partial charge in [0, 0.05) is 24.3 Å². The van der Waals surface area contributed by atoms with Crippen molar-refractivity contribution in [2.24, 2.45) is 5.92 Å². The second kappa shape index (κ2) is 5.73. The van der Waals surface area contributed by atoms with E-state index in [1.54, 1.807) is 14.0 Å². The van der Waals surface area contributed by atoms with Crippen LogP contribution < -0.4 is 0 Å². The largest absolute Gasteiger partial charge is 0.340 e. The lowest BCUT2D eigenvalue weighted by molar-refractivity contribution is 0.0735. The molecule has 1 N–H and O–H groups in total. The Labute approximate surface area is 122 Å². The fourth-order valence-electron chi connectivity index (χ4n) is 2.34. The first-order valence-electron chi connectivity index (χ1n) is 6.62. The molecule has 0 spiro atoms. The smallest absolute Gasteiger partial charge is 0.275 e. The Morgan fingerprint density at radius 1 is 1.50 bits per heavy atom. The Hall–Kier alpha value is -1.08. The SMILES string of the molecule is CCc1[nH]nc(C(=O)N(C)CC2CCC2)c1S(=O)(=O)Cl. The molecule has 0 aliphatic heterocycles. The lowest BCUT2D eigenvalue weighted by atomic mass is 9.85. The molecule has 1 aromatic heterocycles. The van der Waals surface area contributed by atoms with Gasteiger partial charge in [0.1, 0.15) is 4.90 Å². The Kier molecular flexibility index (Phi) is 4.39. The van der Waals surface area contributed by atoms with Crippen molar-refractivity contribution in [2.45, 2.75) is 37.5 Å². The molecular weight excluding hydrogens is 302 g/mol. The first kappa shape index (κ1) is 15.3. The average Bonchev–Trinajstić information content (AvgIpc) is 2.76. The predicted octanol–water partition coefficient (Wildman–Crippen LogP) is 1.77. The van der Waals surface area contributed by atoms with E-state index in [1.165, 1.54) is 11.3 Å². The van der Waals surface area contributed by atoms with Gasteiger partial charge in [0.05, 0.1) is 5.69 Å². The van der Waals surface area contributed by atoms with Crippen LogP contribution in [-0.2, 0) is 15.5 Å². The van der Waals surface area contributed by atoms with Crippen LogP contribution in [0.5, 0.6) is 0 Å². The number of nitrogens with zero attached hydrogens (tertiary/aromatic N) is 2. The van der Waals surface area contributed by atoms with E-state index in [2.05, 4.69) is 10.2 Å². The minimum absolute atomic E-state index is 0.112. The van der Waals surface area contributed by atoms with Crippen molar-refractivity contribution in [1.82, 2.24) is 15.1 Å². The van der Waals surface area contributed by atoms with Gasteiger partial charge in [0.2, 0.25) is 0 Å². The van der Waals surface area contributed by atoms with Crippen molar-refractivity contribution in [1.29, 1.82) is 0 Å². The summed E-state index contributed by atoms with van der Waals surface area (Å²) in [5.41, 5.74) is 0.249. The molecule has 1 fully saturated rings. The van der Waals surface area contributed by atoms with Crippen molar-refractivity contribution in [3.8, 4) is 0 Å². The predicted molar refractivity (Wildman–Crippen MR) is 75.3 cm³/mol. The number of amides is 1. The van der Waals surface area contributed by atoms with Crippen LogP contribution >= 0.6 is 10.7 Å². The molecule has 2 rings (SSSR count). The Balaban J connectivity index is 2.27. The Bertz CT molecular complexity index is 607. The molecule has 112 valence electrons. The number of hydrogen-bond donors (Lipinski definition) is 1. The fourth-order valence-corrected chi connectivity index (χ4v) is 3.69. The summed E-state index contributed by atoms with van der Waals surface area (Å²) in [6, 6.07) is 0. The maximum atomic E-state index is 12.3. The molecular formula is C12H18ClN3O3S. The topological polar surface area (TPSA) is 83.1 Å². The lowest BCUT2D eigenvalue weighted by Gasteiger charge is -2.29. The van der Waals surface area contributed by atoms with Gasteiger partial charge in [-0.2, -0.15) is 5.10 Å². The molecule has 1 amide bonds. The van der Waals surface area contributed by atoms with Gasteiger partial charge in [-0.3, -0.25) is 9.89 Å². The number of hydrogen-bond acceptors (Lipinski definition) is 4. The molecule has 1 heterocycles. The molecule has 0 aromatic carbocycles. The van der Waals surface area contributed by atoms with Gasteiger partial charge in [-0.1, -0.05) is 13.3 Å². The Morgan fingerprint density at radius 3 is 2.60 bits per heavy atom. The van der Waals surface area contributed by atoms with Crippen LogP contribution in [0.2, 0.25) is 0 Å². The number of rotatable bonds is 5. The Morgan fingerprint density at radius 2 is 2.15 bits per heavy atom. The van der Waals surface area contributed by atoms with E-state index >= 15 is 0 Å². The van der Waals surface area contributed by atoms with Crippen LogP contribution in [0.15, 0.2) is 4.90 Å². The number of carbonyl (C=O) groups is 1. The van der Waals surface area contributed by atoms with E-state index in [4.69, 9.17) is 10.7 Å². The highest BCUT2D eigenvalue weighted by atomic mass is 35.7. The first-order chi connectivity index (χ1) is 9.34. The van der Waals surface area contributed by atoms with Crippen molar-refractivity contribution >= 4 is 25.6 Å². The highest BCUT2D eigenvalue weighted by molar-refractivity contribution is 8.13. The molecule has 8 heteroatoms. The van der Waals surface area contributed by atoms with Crippen molar-refractivity contribution in [3.05, 3.63) is 11.4 Å². The van der Waals surface area contributed by atoms with Gasteiger partial charge in [-0.25, -0.2) is 8.42 Å². The van der Waals surface area contributed by atoms with E-state index in [0.29, 0.717) is 24.6 Å². The third-order valence-corrected chi connectivity index (χ3v) is 5.09. The minimum Gasteiger partial charge on any atom is -0.340 e. The summed E-state index contributed by atoms with van der Waals surface area (Å²) in [6.07, 6.45) is 3.82. The molecule has 0 unspecified atom stereocenters. The zero-order valence-electron chi connectivity index (χ0n) is 11.5. The number of carbonyl (C=O) groups excluding carboxylic acids is 1. The van der Waals surface area contributed by atoms with Crippen LogP contribution in [0.3, 0.4) is 0 Å². The number of halogens is 1. The molecule has 6 nitrogen and oxygen atoms in total. The highest BCUT2D eigenvalue weighted by Gasteiger charge is 2.30.